The summed E-state index contributed by atoms with van der Waals surface area (Å²) in [5.41, 5.74) is 1.68. The molecule has 1 rings (SSSR count). The molecule has 0 atom stereocenters. The first kappa shape index (κ1) is 12.0. The fraction of sp³-hybridized carbons (Fsp3) is 0.111. The molecule has 0 aromatic heterocycles. The molecule has 0 bridgehead atoms. The predicted octanol–water partition coefficient (Wildman–Crippen LogP) is 1.40. The van der Waals surface area contributed by atoms with E-state index in [1.165, 1.54) is 29.7 Å². The van der Waals surface area contributed by atoms with Gasteiger partial charge in [-0.15, -0.1) is 0 Å². The number of aromatic hydroxyl groups is 1. The van der Waals surface area contributed by atoms with E-state index >= 15 is 0 Å². The maximum atomic E-state index is 11.7. The number of nitrogens with one attached hydrogen (secondary N) is 1. The Labute approximate surface area is 88.4 Å². The SMILES string of the molecule is O=C(NN=Cc1cccc(O)c1)C(F)(F)F. The summed E-state index contributed by atoms with van der Waals surface area (Å²) in [6.07, 6.45) is -3.97. The molecule has 0 spiro atoms. The third kappa shape index (κ3) is 3.60. The number of phenols is 1. The molecule has 0 saturated heterocycles. The first-order valence-electron chi connectivity index (χ1n) is 4.09. The number of amides is 1. The zero-order valence-electron chi connectivity index (χ0n) is 7.82. The second-order valence-corrected chi connectivity index (χ2v) is 2.79. The van der Waals surface area contributed by atoms with Gasteiger partial charge in [-0.3, -0.25) is 4.79 Å². The number of alkyl halides is 3. The molecule has 0 heterocycles. The third-order valence-electron chi connectivity index (χ3n) is 1.51. The number of hydrogen-bond acceptors (Lipinski definition) is 3. The minimum Gasteiger partial charge on any atom is -0.508 e. The monoisotopic (exact) mass is 232 g/mol. The van der Waals surface area contributed by atoms with E-state index in [0.717, 1.165) is 6.21 Å². The summed E-state index contributed by atoms with van der Waals surface area (Å²) in [5.74, 6) is -2.20. The topological polar surface area (TPSA) is 61.7 Å². The van der Waals surface area contributed by atoms with Crippen molar-refractivity contribution in [1.82, 2.24) is 5.43 Å². The molecule has 1 aromatic carbocycles. The minimum absolute atomic E-state index is 0.0499. The summed E-state index contributed by atoms with van der Waals surface area (Å²) >= 11 is 0. The van der Waals surface area contributed by atoms with Crippen molar-refractivity contribution < 1.29 is 23.1 Å². The van der Waals surface area contributed by atoms with Crippen LogP contribution in [0.1, 0.15) is 5.56 Å². The molecule has 0 fully saturated rings. The standard InChI is InChI=1S/C9H7F3N2O2/c10-9(11,12)8(16)14-13-5-6-2-1-3-7(15)4-6/h1-5,15H,(H,14,16). The average Bonchev–Trinajstić information content (AvgIpc) is 2.16. The number of hydrazone groups is 1. The van der Waals surface area contributed by atoms with Gasteiger partial charge in [-0.1, -0.05) is 12.1 Å². The van der Waals surface area contributed by atoms with E-state index in [0.29, 0.717) is 5.56 Å². The largest absolute Gasteiger partial charge is 0.508 e. The lowest BCUT2D eigenvalue weighted by molar-refractivity contribution is -0.173. The summed E-state index contributed by atoms with van der Waals surface area (Å²) < 4.78 is 35.1. The van der Waals surface area contributed by atoms with Gasteiger partial charge < -0.3 is 5.11 Å². The molecular weight excluding hydrogens is 225 g/mol. The maximum Gasteiger partial charge on any atom is 0.473 e. The van der Waals surface area contributed by atoms with E-state index < -0.39 is 12.1 Å². The number of benzene rings is 1. The maximum absolute atomic E-state index is 11.7. The van der Waals surface area contributed by atoms with Gasteiger partial charge in [0.2, 0.25) is 0 Å². The fourth-order valence-electron chi connectivity index (χ4n) is 0.834. The van der Waals surface area contributed by atoms with Crippen LogP contribution in [0.2, 0.25) is 0 Å². The molecule has 0 aliphatic carbocycles. The Morgan fingerprint density at radius 3 is 2.69 bits per heavy atom. The number of rotatable bonds is 2. The highest BCUT2D eigenvalue weighted by atomic mass is 19.4. The van der Waals surface area contributed by atoms with Crippen molar-refractivity contribution in [1.29, 1.82) is 0 Å². The van der Waals surface area contributed by atoms with Gasteiger partial charge in [-0.2, -0.15) is 18.3 Å². The van der Waals surface area contributed by atoms with E-state index in [1.54, 1.807) is 0 Å². The Hall–Kier alpha value is -2.05. The van der Waals surface area contributed by atoms with Crippen LogP contribution in [0.3, 0.4) is 0 Å². The van der Waals surface area contributed by atoms with Gasteiger partial charge in [-0.25, -0.2) is 5.43 Å². The highest BCUT2D eigenvalue weighted by molar-refractivity contribution is 5.85. The van der Waals surface area contributed by atoms with Crippen LogP contribution in [0.25, 0.3) is 0 Å². The molecular formula is C9H7F3N2O2. The van der Waals surface area contributed by atoms with Crippen LogP contribution in [0, 0.1) is 0 Å². The van der Waals surface area contributed by atoms with Gasteiger partial charge in [0.1, 0.15) is 5.75 Å². The van der Waals surface area contributed by atoms with Gasteiger partial charge >= 0.3 is 12.1 Å². The third-order valence-corrected chi connectivity index (χ3v) is 1.51. The van der Waals surface area contributed by atoms with Gasteiger partial charge in [0.25, 0.3) is 0 Å². The van der Waals surface area contributed by atoms with Crippen LogP contribution in [0.15, 0.2) is 29.4 Å². The summed E-state index contributed by atoms with van der Waals surface area (Å²) in [6.45, 7) is 0. The first-order valence-corrected chi connectivity index (χ1v) is 4.09. The minimum atomic E-state index is -4.96. The Morgan fingerprint density at radius 1 is 1.44 bits per heavy atom. The van der Waals surface area contributed by atoms with Crippen LogP contribution < -0.4 is 5.43 Å². The lowest BCUT2D eigenvalue weighted by Gasteiger charge is -2.02. The van der Waals surface area contributed by atoms with Gasteiger partial charge in [0.15, 0.2) is 0 Å². The molecule has 0 saturated carbocycles. The lowest BCUT2D eigenvalue weighted by atomic mass is 10.2. The van der Waals surface area contributed by atoms with Gasteiger partial charge in [0, 0.05) is 0 Å². The zero-order valence-corrected chi connectivity index (χ0v) is 7.82. The Morgan fingerprint density at radius 2 is 2.12 bits per heavy atom. The molecule has 0 unspecified atom stereocenters. The zero-order chi connectivity index (χ0) is 12.2. The van der Waals surface area contributed by atoms with Crippen LogP contribution in [-0.4, -0.2) is 23.4 Å². The van der Waals surface area contributed by atoms with Crippen molar-refractivity contribution in [3.05, 3.63) is 29.8 Å². The molecule has 1 aromatic rings. The Balaban J connectivity index is 2.59. The molecule has 4 nitrogen and oxygen atoms in total. The molecule has 86 valence electrons. The summed E-state index contributed by atoms with van der Waals surface area (Å²) in [6, 6.07) is 5.67. The molecule has 16 heavy (non-hydrogen) atoms. The van der Waals surface area contributed by atoms with Crippen molar-refractivity contribution in [3.63, 3.8) is 0 Å². The van der Waals surface area contributed by atoms with Crippen LogP contribution in [-0.2, 0) is 4.79 Å². The molecule has 1 amide bonds. The highest BCUT2D eigenvalue weighted by Crippen LogP contribution is 2.14. The number of phenolic OH excluding ortho intramolecular Hbond substituents is 1. The summed E-state index contributed by atoms with van der Waals surface area (Å²) in [4.78, 5) is 10.3. The number of carbonyl (C=O) groups is 1. The molecule has 0 radical (unpaired) electrons. The molecule has 0 aliphatic heterocycles. The molecule has 0 aliphatic rings. The van der Waals surface area contributed by atoms with Crippen LogP contribution in [0.5, 0.6) is 5.75 Å². The van der Waals surface area contributed by atoms with Crippen LogP contribution in [0.4, 0.5) is 13.2 Å². The molecule has 2 N–H and O–H groups in total. The normalized spacial score (nSPS) is 11.7. The van der Waals surface area contributed by atoms with E-state index in [-0.39, 0.29) is 5.75 Å². The first-order chi connectivity index (χ1) is 7.39. The number of halogens is 3. The van der Waals surface area contributed by atoms with Crippen molar-refractivity contribution in [2.75, 3.05) is 0 Å². The molecule has 7 heteroatoms. The quantitative estimate of drug-likeness (QED) is 0.598. The fourth-order valence-corrected chi connectivity index (χ4v) is 0.834. The summed E-state index contributed by atoms with van der Waals surface area (Å²) in [5, 5.41) is 12.1. The van der Waals surface area contributed by atoms with E-state index in [1.807, 2.05) is 0 Å². The second-order valence-electron chi connectivity index (χ2n) is 2.79. The highest BCUT2D eigenvalue weighted by Gasteiger charge is 2.38. The Bertz CT molecular complexity index is 415. The van der Waals surface area contributed by atoms with Gasteiger partial charge in [-0.05, 0) is 17.7 Å². The number of carbonyl (C=O) groups excluding carboxylic acids is 1. The van der Waals surface area contributed by atoms with E-state index in [9.17, 15) is 18.0 Å². The van der Waals surface area contributed by atoms with E-state index in [2.05, 4.69) is 5.10 Å². The second kappa shape index (κ2) is 4.65. The predicted molar refractivity (Wildman–Crippen MR) is 49.9 cm³/mol. The lowest BCUT2D eigenvalue weighted by Crippen LogP contribution is -2.33. The van der Waals surface area contributed by atoms with Crippen LogP contribution >= 0.6 is 0 Å². The van der Waals surface area contributed by atoms with Gasteiger partial charge in [0.05, 0.1) is 6.21 Å². The number of hydrogen-bond donors (Lipinski definition) is 2. The number of nitrogens with zero attached hydrogens (tertiary/aromatic N) is 1. The van der Waals surface area contributed by atoms with E-state index in [4.69, 9.17) is 5.11 Å². The summed E-state index contributed by atoms with van der Waals surface area (Å²) in [7, 11) is 0. The van der Waals surface area contributed by atoms with Crippen molar-refractivity contribution >= 4 is 12.1 Å². The smallest absolute Gasteiger partial charge is 0.473 e. The van der Waals surface area contributed by atoms with Crippen molar-refractivity contribution in [2.45, 2.75) is 6.18 Å². The van der Waals surface area contributed by atoms with Crippen molar-refractivity contribution in [2.24, 2.45) is 5.10 Å². The Kier molecular flexibility index (Phi) is 3.49. The van der Waals surface area contributed by atoms with Crippen molar-refractivity contribution in [3.8, 4) is 5.75 Å². The average molecular weight is 232 g/mol.